The molecule has 3 heterocycles. The van der Waals surface area contributed by atoms with Gasteiger partial charge in [-0.1, -0.05) is 44.5 Å². The Morgan fingerprint density at radius 3 is 2.76 bits per heavy atom. The molecule has 1 aromatic carbocycles. The Morgan fingerprint density at radius 1 is 1.24 bits per heavy atom. The van der Waals surface area contributed by atoms with E-state index >= 15 is 0 Å². The molecule has 4 rings (SSSR count). The molecule has 0 unspecified atom stereocenters. The SMILES string of the molecule is Cc1ccc2c(c1)-c1c(ssc1=S)C(C)(C)N2C(=O)c1cccnc1. The number of carbonyl (C=O) groups is 1. The molecule has 1 aliphatic heterocycles. The molecule has 0 spiro atoms. The Kier molecular flexibility index (Phi) is 3.86. The second-order valence-corrected chi connectivity index (χ2v) is 9.44. The van der Waals surface area contributed by atoms with Crippen molar-refractivity contribution in [2.45, 2.75) is 26.3 Å². The number of aromatic nitrogens is 1. The lowest BCUT2D eigenvalue weighted by Crippen LogP contribution is -2.47. The van der Waals surface area contributed by atoms with E-state index in [1.807, 2.05) is 23.1 Å². The van der Waals surface area contributed by atoms with Crippen molar-refractivity contribution in [3.05, 3.63) is 62.6 Å². The van der Waals surface area contributed by atoms with Crippen LogP contribution in [0.2, 0.25) is 0 Å². The minimum absolute atomic E-state index is 0.0434. The van der Waals surface area contributed by atoms with E-state index < -0.39 is 5.54 Å². The zero-order valence-corrected chi connectivity index (χ0v) is 16.5. The largest absolute Gasteiger partial charge is 0.297 e. The van der Waals surface area contributed by atoms with Crippen LogP contribution in [0, 0.1) is 10.7 Å². The molecule has 0 saturated carbocycles. The van der Waals surface area contributed by atoms with Crippen molar-refractivity contribution in [1.29, 1.82) is 0 Å². The predicted molar refractivity (Wildman–Crippen MR) is 107 cm³/mol. The summed E-state index contributed by atoms with van der Waals surface area (Å²) in [6.45, 7) is 6.23. The number of carbonyl (C=O) groups excluding carboxylic acids is 1. The first-order valence-electron chi connectivity index (χ1n) is 7.90. The number of nitrogens with zero attached hydrogens (tertiary/aromatic N) is 2. The molecule has 0 atom stereocenters. The van der Waals surface area contributed by atoms with Crippen LogP contribution in [0.1, 0.15) is 34.6 Å². The van der Waals surface area contributed by atoms with Gasteiger partial charge in [-0.15, -0.1) is 0 Å². The molecule has 126 valence electrons. The Bertz CT molecular complexity index is 1030. The van der Waals surface area contributed by atoms with Crippen LogP contribution >= 0.6 is 32.9 Å². The molecule has 0 fully saturated rings. The lowest BCUT2D eigenvalue weighted by atomic mass is 9.86. The van der Waals surface area contributed by atoms with Gasteiger partial charge in [0.25, 0.3) is 5.91 Å². The van der Waals surface area contributed by atoms with E-state index in [0.717, 1.165) is 31.1 Å². The highest BCUT2D eigenvalue weighted by molar-refractivity contribution is 7.80. The Morgan fingerprint density at radius 2 is 2.04 bits per heavy atom. The first-order valence-corrected chi connectivity index (χ1v) is 10.5. The van der Waals surface area contributed by atoms with Crippen LogP contribution in [0.3, 0.4) is 0 Å². The number of rotatable bonds is 1. The molecular formula is C19H16N2OS3. The molecule has 0 radical (unpaired) electrons. The molecule has 0 saturated heterocycles. The minimum Gasteiger partial charge on any atom is -0.297 e. The van der Waals surface area contributed by atoms with Crippen molar-refractivity contribution in [3.8, 4) is 11.1 Å². The molecular weight excluding hydrogens is 368 g/mol. The van der Waals surface area contributed by atoms with Gasteiger partial charge < -0.3 is 0 Å². The van der Waals surface area contributed by atoms with E-state index in [1.165, 1.54) is 0 Å². The fraction of sp³-hybridized carbons (Fsp3) is 0.211. The number of hydrogen-bond donors (Lipinski definition) is 0. The maximum atomic E-state index is 13.3. The summed E-state index contributed by atoms with van der Waals surface area (Å²) in [7, 11) is 3.28. The van der Waals surface area contributed by atoms with Crippen molar-refractivity contribution < 1.29 is 4.79 Å². The summed E-state index contributed by atoms with van der Waals surface area (Å²) in [6, 6.07) is 9.80. The van der Waals surface area contributed by atoms with Crippen LogP contribution in [0.4, 0.5) is 5.69 Å². The lowest BCUT2D eigenvalue weighted by molar-refractivity contribution is 0.0961. The van der Waals surface area contributed by atoms with Gasteiger partial charge in [-0.25, -0.2) is 0 Å². The van der Waals surface area contributed by atoms with Crippen LogP contribution in [0.15, 0.2) is 42.7 Å². The van der Waals surface area contributed by atoms with E-state index in [2.05, 4.69) is 31.8 Å². The highest BCUT2D eigenvalue weighted by Crippen LogP contribution is 2.52. The van der Waals surface area contributed by atoms with E-state index in [4.69, 9.17) is 12.2 Å². The highest BCUT2D eigenvalue weighted by atomic mass is 32.9. The molecule has 2 aromatic heterocycles. The fourth-order valence-corrected chi connectivity index (χ4v) is 6.61. The summed E-state index contributed by atoms with van der Waals surface area (Å²) < 4.78 is 0.897. The predicted octanol–water partition coefficient (Wildman–Crippen LogP) is 5.81. The van der Waals surface area contributed by atoms with E-state index in [0.29, 0.717) is 5.56 Å². The number of pyridine rings is 1. The van der Waals surface area contributed by atoms with Crippen LogP contribution in [-0.2, 0) is 5.54 Å². The van der Waals surface area contributed by atoms with Gasteiger partial charge in [0.2, 0.25) is 0 Å². The monoisotopic (exact) mass is 384 g/mol. The lowest BCUT2D eigenvalue weighted by Gasteiger charge is -2.43. The van der Waals surface area contributed by atoms with Gasteiger partial charge in [0.05, 0.1) is 21.7 Å². The highest BCUT2D eigenvalue weighted by Gasteiger charge is 2.43. The number of anilines is 1. The summed E-state index contributed by atoms with van der Waals surface area (Å²) in [5, 5.41) is 0. The van der Waals surface area contributed by atoms with E-state index in [1.54, 1.807) is 39.1 Å². The molecule has 0 bridgehead atoms. The first-order chi connectivity index (χ1) is 11.9. The van der Waals surface area contributed by atoms with Crippen molar-refractivity contribution in [3.63, 3.8) is 0 Å². The second kappa shape index (κ2) is 5.83. The van der Waals surface area contributed by atoms with Crippen molar-refractivity contribution in [1.82, 2.24) is 4.98 Å². The van der Waals surface area contributed by atoms with Gasteiger partial charge in [-0.05, 0) is 45.0 Å². The number of fused-ring (bicyclic) bond motifs is 3. The molecule has 1 amide bonds. The summed E-state index contributed by atoms with van der Waals surface area (Å²) >= 11 is 5.61. The Labute approximate surface area is 159 Å². The molecule has 0 aliphatic carbocycles. The van der Waals surface area contributed by atoms with Crippen molar-refractivity contribution >= 4 is 44.5 Å². The average Bonchev–Trinajstić information content (AvgIpc) is 2.99. The van der Waals surface area contributed by atoms with Crippen molar-refractivity contribution in [2.24, 2.45) is 0 Å². The normalized spacial score (nSPS) is 14.8. The standard InChI is InChI=1S/C19H16N2OS3/c1-11-6-7-14-13(9-11)15-16(24-25-18(15)23)19(2,3)21(14)17(22)12-5-4-8-20-10-12/h4-10H,1-3H3. The third kappa shape index (κ3) is 2.47. The second-order valence-electron chi connectivity index (χ2n) is 6.62. The molecule has 25 heavy (non-hydrogen) atoms. The first kappa shape index (κ1) is 16.6. The van der Waals surface area contributed by atoms with Crippen LogP contribution < -0.4 is 4.90 Å². The van der Waals surface area contributed by atoms with Crippen LogP contribution in [0.25, 0.3) is 11.1 Å². The Balaban J connectivity index is 2.00. The van der Waals surface area contributed by atoms with Gasteiger partial charge in [-0.2, -0.15) is 0 Å². The van der Waals surface area contributed by atoms with Gasteiger partial charge in [0.1, 0.15) is 3.82 Å². The number of amides is 1. The van der Waals surface area contributed by atoms with Gasteiger partial charge in [0, 0.05) is 23.5 Å². The molecule has 3 aromatic rings. The minimum atomic E-state index is -0.470. The van der Waals surface area contributed by atoms with Crippen LogP contribution in [-0.4, -0.2) is 10.9 Å². The number of aryl methyl sites for hydroxylation is 1. The summed E-state index contributed by atoms with van der Waals surface area (Å²) in [4.78, 5) is 20.5. The molecule has 0 N–H and O–H groups in total. The summed E-state index contributed by atoms with van der Waals surface area (Å²) in [6.07, 6.45) is 3.30. The smallest absolute Gasteiger partial charge is 0.260 e. The maximum absolute atomic E-state index is 13.3. The Hall–Kier alpha value is -1.89. The quantitative estimate of drug-likeness (QED) is 0.392. The van der Waals surface area contributed by atoms with Crippen molar-refractivity contribution in [2.75, 3.05) is 4.90 Å². The zero-order chi connectivity index (χ0) is 17.8. The maximum Gasteiger partial charge on any atom is 0.260 e. The zero-order valence-electron chi connectivity index (χ0n) is 14.1. The van der Waals surface area contributed by atoms with E-state index in [-0.39, 0.29) is 5.91 Å². The average molecular weight is 385 g/mol. The van der Waals surface area contributed by atoms with Gasteiger partial charge >= 0.3 is 0 Å². The number of benzene rings is 1. The van der Waals surface area contributed by atoms with Gasteiger partial charge in [0.15, 0.2) is 0 Å². The topological polar surface area (TPSA) is 33.2 Å². The molecule has 6 heteroatoms. The number of hydrogen-bond acceptors (Lipinski definition) is 5. The summed E-state index contributed by atoms with van der Waals surface area (Å²) in [5.74, 6) is -0.0434. The fourth-order valence-electron chi connectivity index (χ4n) is 3.33. The molecule has 1 aliphatic rings. The summed E-state index contributed by atoms with van der Waals surface area (Å²) in [5.41, 5.74) is 4.35. The van der Waals surface area contributed by atoms with E-state index in [9.17, 15) is 4.79 Å². The molecule has 3 nitrogen and oxygen atoms in total. The van der Waals surface area contributed by atoms with Crippen LogP contribution in [0.5, 0.6) is 0 Å². The third-order valence-corrected chi connectivity index (χ3v) is 7.85. The van der Waals surface area contributed by atoms with Gasteiger partial charge in [-0.3, -0.25) is 14.7 Å². The third-order valence-electron chi connectivity index (χ3n) is 4.52.